The number of nitrogens with one attached hydrogen (secondary N) is 2. The fourth-order valence-electron chi connectivity index (χ4n) is 3.22. The second-order valence-corrected chi connectivity index (χ2v) is 6.74. The van der Waals surface area contributed by atoms with E-state index in [0.29, 0.717) is 19.5 Å². The van der Waals surface area contributed by atoms with E-state index < -0.39 is 11.9 Å². The van der Waals surface area contributed by atoms with Crippen molar-refractivity contribution in [2.45, 2.75) is 31.8 Å². The minimum Gasteiger partial charge on any atom is -0.480 e. The average Bonchev–Trinajstić information content (AvgIpc) is 2.67. The van der Waals surface area contributed by atoms with Crippen molar-refractivity contribution in [1.82, 2.24) is 15.5 Å². The maximum atomic E-state index is 12.4. The van der Waals surface area contributed by atoms with Crippen LogP contribution in [0.4, 0.5) is 0 Å². The van der Waals surface area contributed by atoms with Gasteiger partial charge in [-0.25, -0.2) is 0 Å². The van der Waals surface area contributed by atoms with E-state index in [0.717, 1.165) is 32.4 Å². The van der Waals surface area contributed by atoms with Gasteiger partial charge < -0.3 is 25.4 Å². The Balaban J connectivity index is 1.76. The Morgan fingerprint density at radius 2 is 2.04 bits per heavy atom. The van der Waals surface area contributed by atoms with Crippen molar-refractivity contribution in [3.05, 3.63) is 0 Å². The highest BCUT2D eigenvalue weighted by Crippen LogP contribution is 2.17. The summed E-state index contributed by atoms with van der Waals surface area (Å²) in [4.78, 5) is 37.2. The molecule has 2 rings (SSSR count). The molecule has 0 radical (unpaired) electrons. The van der Waals surface area contributed by atoms with Crippen LogP contribution < -0.4 is 10.6 Å². The van der Waals surface area contributed by atoms with Crippen LogP contribution in [-0.4, -0.2) is 73.2 Å². The summed E-state index contributed by atoms with van der Waals surface area (Å²) < 4.78 is 5.69. The average molecular weight is 365 g/mol. The van der Waals surface area contributed by atoms with Gasteiger partial charge in [-0.2, -0.15) is 0 Å². The Hall–Kier alpha value is -2.11. The summed E-state index contributed by atoms with van der Waals surface area (Å²) in [5.41, 5.74) is 0. The molecule has 8 heteroatoms. The van der Waals surface area contributed by atoms with Crippen molar-refractivity contribution in [3.8, 4) is 12.3 Å². The first kappa shape index (κ1) is 20.2. The largest absolute Gasteiger partial charge is 0.480 e. The van der Waals surface area contributed by atoms with Crippen molar-refractivity contribution in [2.24, 2.45) is 11.8 Å². The first-order valence-electron chi connectivity index (χ1n) is 9.08. The Kier molecular flexibility index (Phi) is 7.88. The molecule has 2 atom stereocenters. The molecule has 8 nitrogen and oxygen atoms in total. The van der Waals surface area contributed by atoms with Crippen LogP contribution in [0.1, 0.15) is 25.7 Å². The van der Waals surface area contributed by atoms with Crippen LogP contribution in [-0.2, 0) is 19.1 Å². The number of likely N-dealkylation sites (tertiary alicyclic amines) is 1. The van der Waals surface area contributed by atoms with Crippen LogP contribution in [0.5, 0.6) is 0 Å². The first-order chi connectivity index (χ1) is 12.5. The third kappa shape index (κ3) is 6.00. The Labute approximate surface area is 153 Å². The fraction of sp³-hybridized carbons (Fsp3) is 0.722. The van der Waals surface area contributed by atoms with Crippen LogP contribution >= 0.6 is 0 Å². The van der Waals surface area contributed by atoms with Crippen LogP contribution in [0.15, 0.2) is 0 Å². The van der Waals surface area contributed by atoms with Crippen LogP contribution in [0, 0.1) is 24.2 Å². The lowest BCUT2D eigenvalue weighted by molar-refractivity contribution is -0.142. The molecule has 2 heterocycles. The van der Waals surface area contributed by atoms with Gasteiger partial charge in [0.15, 0.2) is 0 Å². The molecule has 2 aliphatic heterocycles. The minimum absolute atomic E-state index is 0.0389. The second kappa shape index (κ2) is 10.1. The molecule has 2 saturated heterocycles. The van der Waals surface area contributed by atoms with Gasteiger partial charge in [0, 0.05) is 19.6 Å². The molecule has 2 fully saturated rings. The molecule has 0 unspecified atom stereocenters. The quantitative estimate of drug-likeness (QED) is 0.522. The number of terminal acetylenes is 1. The molecule has 0 aromatic carbocycles. The van der Waals surface area contributed by atoms with E-state index >= 15 is 0 Å². The SMILES string of the molecule is C#C[C@@H](CNC(=O)[C@@H]1CCCN(C(=O)COC2CCNCC2)C1)C(=O)O. The molecule has 0 bridgehead atoms. The van der Waals surface area contributed by atoms with Gasteiger partial charge in [-0.1, -0.05) is 5.92 Å². The highest BCUT2D eigenvalue weighted by Gasteiger charge is 2.29. The van der Waals surface area contributed by atoms with Gasteiger partial charge in [-0.15, -0.1) is 6.42 Å². The van der Waals surface area contributed by atoms with E-state index in [2.05, 4.69) is 16.6 Å². The molecule has 2 aliphatic rings. The number of rotatable bonds is 7. The number of carbonyl (C=O) groups excluding carboxylic acids is 2. The van der Waals surface area contributed by atoms with Crippen molar-refractivity contribution < 1.29 is 24.2 Å². The highest BCUT2D eigenvalue weighted by molar-refractivity contribution is 5.82. The summed E-state index contributed by atoms with van der Waals surface area (Å²) in [6.07, 6.45) is 8.45. The third-order valence-electron chi connectivity index (χ3n) is 4.85. The summed E-state index contributed by atoms with van der Waals surface area (Å²) in [7, 11) is 0. The van der Waals surface area contributed by atoms with Gasteiger partial charge in [-0.05, 0) is 38.8 Å². The highest BCUT2D eigenvalue weighted by atomic mass is 16.5. The normalized spacial score (nSPS) is 22.3. The number of carboxylic acids is 1. The van der Waals surface area contributed by atoms with Gasteiger partial charge in [-0.3, -0.25) is 14.4 Å². The van der Waals surface area contributed by atoms with E-state index in [1.54, 1.807) is 4.90 Å². The Morgan fingerprint density at radius 3 is 2.69 bits per heavy atom. The predicted molar refractivity (Wildman–Crippen MR) is 94.1 cm³/mol. The molecule has 26 heavy (non-hydrogen) atoms. The van der Waals surface area contributed by atoms with Gasteiger partial charge in [0.1, 0.15) is 12.5 Å². The minimum atomic E-state index is -1.14. The number of amides is 2. The smallest absolute Gasteiger partial charge is 0.320 e. The topological polar surface area (TPSA) is 108 Å². The standard InChI is InChI=1S/C18H27N3O5/c1-2-13(18(24)25)10-20-17(23)14-4-3-9-21(11-14)16(22)12-26-15-5-7-19-8-6-15/h1,13-15,19H,3-12H2,(H,20,23)(H,24,25)/t13-,14+/m0/s1. The van der Waals surface area contributed by atoms with E-state index in [4.69, 9.17) is 16.3 Å². The summed E-state index contributed by atoms with van der Waals surface area (Å²) in [5, 5.41) is 14.7. The summed E-state index contributed by atoms with van der Waals surface area (Å²) >= 11 is 0. The monoisotopic (exact) mass is 365 g/mol. The van der Waals surface area contributed by atoms with E-state index in [1.807, 2.05) is 0 Å². The number of aliphatic carboxylic acids is 1. The zero-order chi connectivity index (χ0) is 18.9. The van der Waals surface area contributed by atoms with E-state index in [1.165, 1.54) is 0 Å². The summed E-state index contributed by atoms with van der Waals surface area (Å²) in [6, 6.07) is 0. The number of hydrogen-bond acceptors (Lipinski definition) is 5. The Bertz CT molecular complexity index is 554. The molecule has 3 N–H and O–H groups in total. The van der Waals surface area contributed by atoms with Crippen molar-refractivity contribution in [1.29, 1.82) is 0 Å². The third-order valence-corrected chi connectivity index (χ3v) is 4.85. The number of ether oxygens (including phenoxy) is 1. The zero-order valence-corrected chi connectivity index (χ0v) is 14.9. The van der Waals surface area contributed by atoms with E-state index in [9.17, 15) is 14.4 Å². The molecule has 0 aliphatic carbocycles. The number of piperidine rings is 2. The molecule has 0 saturated carbocycles. The van der Waals surface area contributed by atoms with Crippen molar-refractivity contribution >= 4 is 17.8 Å². The van der Waals surface area contributed by atoms with Crippen LogP contribution in [0.25, 0.3) is 0 Å². The molecular formula is C18H27N3O5. The second-order valence-electron chi connectivity index (χ2n) is 6.74. The molecule has 0 spiro atoms. The lowest BCUT2D eigenvalue weighted by Gasteiger charge is -2.32. The molecule has 0 aromatic rings. The van der Waals surface area contributed by atoms with Crippen molar-refractivity contribution in [2.75, 3.05) is 39.3 Å². The molecule has 144 valence electrons. The van der Waals surface area contributed by atoms with Crippen molar-refractivity contribution in [3.63, 3.8) is 0 Å². The maximum absolute atomic E-state index is 12.4. The van der Waals surface area contributed by atoms with E-state index in [-0.39, 0.29) is 37.0 Å². The number of carboxylic acid groups (broad SMARTS) is 1. The Morgan fingerprint density at radius 1 is 1.31 bits per heavy atom. The lowest BCUT2D eigenvalue weighted by atomic mass is 9.96. The predicted octanol–water partition coefficient (Wildman–Crippen LogP) is -0.556. The van der Waals surface area contributed by atoms with Gasteiger partial charge >= 0.3 is 5.97 Å². The van der Waals surface area contributed by atoms with Crippen LogP contribution in [0.2, 0.25) is 0 Å². The fourth-order valence-corrected chi connectivity index (χ4v) is 3.22. The zero-order valence-electron chi connectivity index (χ0n) is 14.9. The first-order valence-corrected chi connectivity index (χ1v) is 9.08. The maximum Gasteiger partial charge on any atom is 0.320 e. The lowest BCUT2D eigenvalue weighted by Crippen LogP contribution is -2.47. The molecule has 0 aromatic heterocycles. The van der Waals surface area contributed by atoms with Gasteiger partial charge in [0.05, 0.1) is 12.0 Å². The number of carbonyl (C=O) groups is 3. The molecular weight excluding hydrogens is 338 g/mol. The molecule has 2 amide bonds. The van der Waals surface area contributed by atoms with Gasteiger partial charge in [0.2, 0.25) is 11.8 Å². The van der Waals surface area contributed by atoms with Gasteiger partial charge in [0.25, 0.3) is 0 Å². The summed E-state index contributed by atoms with van der Waals surface area (Å²) in [6.45, 7) is 2.68. The summed E-state index contributed by atoms with van der Waals surface area (Å²) in [5.74, 6) is -0.757. The number of hydrogen-bond donors (Lipinski definition) is 3. The number of nitrogens with zero attached hydrogens (tertiary/aromatic N) is 1. The van der Waals surface area contributed by atoms with Crippen LogP contribution in [0.3, 0.4) is 0 Å².